The zero-order valence-corrected chi connectivity index (χ0v) is 12.3. The van der Waals surface area contributed by atoms with Crippen LogP contribution in [0.15, 0.2) is 22.9 Å². The predicted molar refractivity (Wildman–Crippen MR) is 77.5 cm³/mol. The van der Waals surface area contributed by atoms with Crippen molar-refractivity contribution < 1.29 is 0 Å². The fourth-order valence-corrected chi connectivity index (χ4v) is 3.54. The number of halogens is 1. The van der Waals surface area contributed by atoms with Crippen LogP contribution in [0.2, 0.25) is 0 Å². The average Bonchev–Trinajstić information content (AvgIpc) is 3.08. The average molecular weight is 309 g/mol. The molecule has 1 aromatic heterocycles. The summed E-state index contributed by atoms with van der Waals surface area (Å²) < 4.78 is 1.10. The van der Waals surface area contributed by atoms with Gasteiger partial charge in [-0.05, 0) is 78.0 Å². The lowest BCUT2D eigenvalue weighted by molar-refractivity contribution is 0.364. The van der Waals surface area contributed by atoms with E-state index in [9.17, 15) is 0 Å². The van der Waals surface area contributed by atoms with Crippen molar-refractivity contribution in [3.05, 3.63) is 28.5 Å². The first-order valence-electron chi connectivity index (χ1n) is 7.14. The number of rotatable bonds is 5. The van der Waals surface area contributed by atoms with E-state index in [2.05, 4.69) is 32.3 Å². The first-order chi connectivity index (χ1) is 8.81. The lowest BCUT2D eigenvalue weighted by Crippen LogP contribution is -2.27. The van der Waals surface area contributed by atoms with Crippen LogP contribution in [0.4, 0.5) is 0 Å². The van der Waals surface area contributed by atoms with E-state index in [4.69, 9.17) is 0 Å². The molecular formula is C15H21BrN2. The Labute approximate surface area is 118 Å². The van der Waals surface area contributed by atoms with Gasteiger partial charge in [-0.1, -0.05) is 6.42 Å². The van der Waals surface area contributed by atoms with E-state index in [-0.39, 0.29) is 0 Å². The van der Waals surface area contributed by atoms with Crippen LogP contribution in [0.5, 0.6) is 0 Å². The summed E-state index contributed by atoms with van der Waals surface area (Å²) in [6, 6.07) is 3.07. The summed E-state index contributed by atoms with van der Waals surface area (Å²) in [7, 11) is 0. The molecule has 0 aliphatic heterocycles. The molecular weight excluding hydrogens is 288 g/mol. The first-order valence-corrected chi connectivity index (χ1v) is 7.93. The maximum absolute atomic E-state index is 4.27. The summed E-state index contributed by atoms with van der Waals surface area (Å²) in [4.78, 5) is 4.27. The van der Waals surface area contributed by atoms with Gasteiger partial charge in [0.05, 0.1) is 0 Å². The summed E-state index contributed by atoms with van der Waals surface area (Å²) in [5.41, 5.74) is 1.38. The van der Waals surface area contributed by atoms with E-state index in [1.54, 1.807) is 0 Å². The van der Waals surface area contributed by atoms with E-state index in [1.807, 2.05) is 12.4 Å². The van der Waals surface area contributed by atoms with E-state index in [1.165, 1.54) is 50.6 Å². The van der Waals surface area contributed by atoms with E-state index in [0.29, 0.717) is 0 Å². The highest BCUT2D eigenvalue weighted by molar-refractivity contribution is 9.10. The molecule has 2 unspecified atom stereocenters. The Balaban J connectivity index is 1.56. The summed E-state index contributed by atoms with van der Waals surface area (Å²) in [6.07, 6.45) is 12.1. The number of hydrogen-bond acceptors (Lipinski definition) is 2. The van der Waals surface area contributed by atoms with Crippen molar-refractivity contribution in [2.24, 2.45) is 11.8 Å². The van der Waals surface area contributed by atoms with Gasteiger partial charge in [-0.3, -0.25) is 4.98 Å². The molecule has 2 aliphatic rings. The van der Waals surface area contributed by atoms with Crippen molar-refractivity contribution in [3.63, 3.8) is 0 Å². The molecule has 1 aromatic rings. The van der Waals surface area contributed by atoms with Crippen LogP contribution < -0.4 is 5.32 Å². The number of nitrogens with zero attached hydrogens (tertiary/aromatic N) is 1. The topological polar surface area (TPSA) is 24.9 Å². The van der Waals surface area contributed by atoms with Gasteiger partial charge in [-0.15, -0.1) is 0 Å². The minimum absolute atomic E-state index is 0.846. The van der Waals surface area contributed by atoms with Gasteiger partial charge in [0.1, 0.15) is 0 Å². The molecule has 18 heavy (non-hydrogen) atoms. The van der Waals surface area contributed by atoms with Gasteiger partial charge in [0, 0.05) is 22.9 Å². The van der Waals surface area contributed by atoms with E-state index in [0.717, 1.165) is 22.4 Å². The molecule has 2 fully saturated rings. The molecule has 0 saturated heterocycles. The van der Waals surface area contributed by atoms with Gasteiger partial charge < -0.3 is 5.32 Å². The maximum atomic E-state index is 4.27. The SMILES string of the molecule is Brc1cncc(CC2CCCC2CNC2CC2)c1. The fraction of sp³-hybridized carbons (Fsp3) is 0.667. The minimum atomic E-state index is 0.846. The zero-order chi connectivity index (χ0) is 12.4. The highest BCUT2D eigenvalue weighted by Gasteiger charge is 2.29. The molecule has 3 rings (SSSR count). The van der Waals surface area contributed by atoms with Crippen LogP contribution in [-0.4, -0.2) is 17.6 Å². The summed E-state index contributed by atoms with van der Waals surface area (Å²) in [5.74, 6) is 1.73. The molecule has 3 heteroatoms. The van der Waals surface area contributed by atoms with Crippen LogP contribution in [-0.2, 0) is 6.42 Å². The summed E-state index contributed by atoms with van der Waals surface area (Å²) in [5, 5.41) is 3.70. The molecule has 0 aromatic carbocycles. The molecule has 98 valence electrons. The number of pyridine rings is 1. The molecule has 1 N–H and O–H groups in total. The van der Waals surface area contributed by atoms with Gasteiger partial charge in [-0.2, -0.15) is 0 Å². The largest absolute Gasteiger partial charge is 0.314 e. The van der Waals surface area contributed by atoms with Gasteiger partial charge in [0.15, 0.2) is 0 Å². The maximum Gasteiger partial charge on any atom is 0.0410 e. The van der Waals surface area contributed by atoms with Crippen LogP contribution in [0.1, 0.15) is 37.7 Å². The zero-order valence-electron chi connectivity index (χ0n) is 10.7. The molecule has 0 bridgehead atoms. The van der Waals surface area contributed by atoms with Crippen molar-refractivity contribution in [1.29, 1.82) is 0 Å². The minimum Gasteiger partial charge on any atom is -0.314 e. The van der Waals surface area contributed by atoms with Gasteiger partial charge >= 0.3 is 0 Å². The highest BCUT2D eigenvalue weighted by Crippen LogP contribution is 2.34. The first kappa shape index (κ1) is 12.6. The van der Waals surface area contributed by atoms with Crippen LogP contribution in [0.3, 0.4) is 0 Å². The van der Waals surface area contributed by atoms with E-state index < -0.39 is 0 Å². The number of aromatic nitrogens is 1. The molecule has 2 aliphatic carbocycles. The Bertz CT molecular complexity index is 403. The molecule has 0 amide bonds. The molecule has 2 nitrogen and oxygen atoms in total. The quantitative estimate of drug-likeness (QED) is 0.899. The van der Waals surface area contributed by atoms with Crippen molar-refractivity contribution >= 4 is 15.9 Å². The Hall–Kier alpha value is -0.410. The second kappa shape index (κ2) is 5.70. The second-order valence-electron chi connectivity index (χ2n) is 5.85. The third-order valence-electron chi connectivity index (χ3n) is 4.32. The van der Waals surface area contributed by atoms with Gasteiger partial charge in [0.25, 0.3) is 0 Å². The second-order valence-corrected chi connectivity index (χ2v) is 6.76. The third-order valence-corrected chi connectivity index (χ3v) is 4.76. The Morgan fingerprint density at radius 3 is 2.78 bits per heavy atom. The fourth-order valence-electron chi connectivity index (χ4n) is 3.13. The van der Waals surface area contributed by atoms with Crippen molar-refractivity contribution in [2.75, 3.05) is 6.54 Å². The lowest BCUT2D eigenvalue weighted by Gasteiger charge is -2.20. The van der Waals surface area contributed by atoms with Gasteiger partial charge in [0.2, 0.25) is 0 Å². The molecule has 2 atom stereocenters. The Morgan fingerprint density at radius 2 is 2.00 bits per heavy atom. The predicted octanol–water partition coefficient (Wildman–Crippen LogP) is 3.55. The van der Waals surface area contributed by atoms with Crippen LogP contribution in [0.25, 0.3) is 0 Å². The summed E-state index contributed by atoms with van der Waals surface area (Å²) >= 11 is 3.51. The molecule has 2 saturated carbocycles. The molecule has 0 spiro atoms. The Kier molecular flexibility index (Phi) is 4.00. The van der Waals surface area contributed by atoms with Crippen LogP contribution >= 0.6 is 15.9 Å². The van der Waals surface area contributed by atoms with Crippen molar-refractivity contribution in [1.82, 2.24) is 10.3 Å². The molecule has 1 heterocycles. The third kappa shape index (κ3) is 3.33. The van der Waals surface area contributed by atoms with E-state index >= 15 is 0 Å². The standard InChI is InChI=1S/C15H21BrN2/c16-14-7-11(8-17-10-14)6-12-2-1-3-13(12)9-18-15-4-5-15/h7-8,10,12-13,15,18H,1-6,9H2. The van der Waals surface area contributed by atoms with Gasteiger partial charge in [-0.25, -0.2) is 0 Å². The highest BCUT2D eigenvalue weighted by atomic mass is 79.9. The Morgan fingerprint density at radius 1 is 1.17 bits per heavy atom. The van der Waals surface area contributed by atoms with Crippen LogP contribution in [0, 0.1) is 11.8 Å². The summed E-state index contributed by atoms with van der Waals surface area (Å²) in [6.45, 7) is 1.23. The lowest BCUT2D eigenvalue weighted by atomic mass is 9.90. The number of nitrogens with one attached hydrogen (secondary N) is 1. The molecule has 0 radical (unpaired) electrons. The normalized spacial score (nSPS) is 27.6. The van der Waals surface area contributed by atoms with Crippen molar-refractivity contribution in [2.45, 2.75) is 44.6 Å². The smallest absolute Gasteiger partial charge is 0.0410 e. The monoisotopic (exact) mass is 308 g/mol. The number of hydrogen-bond donors (Lipinski definition) is 1. The van der Waals surface area contributed by atoms with Crippen molar-refractivity contribution in [3.8, 4) is 0 Å².